The van der Waals surface area contributed by atoms with Crippen LogP contribution in [0.1, 0.15) is 12.8 Å². The quantitative estimate of drug-likeness (QED) is 0.750. The molecule has 2 aliphatic rings. The minimum atomic E-state index is -4.06. The number of piperidine rings is 1. The number of nitrogens with zero attached hydrogens (tertiary/aromatic N) is 1. The fourth-order valence-electron chi connectivity index (χ4n) is 2.37. The maximum Gasteiger partial charge on any atom is 0.394 e. The largest absolute Gasteiger partial charge is 0.394 e. The van der Waals surface area contributed by atoms with Gasteiger partial charge in [0.2, 0.25) is 0 Å². The first kappa shape index (κ1) is 12.1. The number of alkyl halides is 3. The summed E-state index contributed by atoms with van der Waals surface area (Å²) in [5, 5.41) is 5.00. The van der Waals surface area contributed by atoms with E-state index in [1.165, 1.54) is 0 Å². The van der Waals surface area contributed by atoms with E-state index in [0.29, 0.717) is 5.92 Å². The number of hydrogen-bond donors (Lipinski definition) is 2. The van der Waals surface area contributed by atoms with Gasteiger partial charge in [0, 0.05) is 19.6 Å². The highest BCUT2D eigenvalue weighted by Gasteiger charge is 2.43. The van der Waals surface area contributed by atoms with Crippen LogP contribution in [0.5, 0.6) is 0 Å². The van der Waals surface area contributed by atoms with Gasteiger partial charge < -0.3 is 5.32 Å². The van der Waals surface area contributed by atoms with Gasteiger partial charge in [0.15, 0.2) is 0 Å². The van der Waals surface area contributed by atoms with Crippen LogP contribution in [0.2, 0.25) is 0 Å². The number of hydrazine groups is 1. The van der Waals surface area contributed by atoms with Crippen LogP contribution in [0.3, 0.4) is 0 Å². The van der Waals surface area contributed by atoms with Crippen molar-refractivity contribution in [1.82, 2.24) is 15.8 Å². The highest BCUT2D eigenvalue weighted by atomic mass is 19.4. The molecule has 0 aromatic rings. The molecule has 0 saturated carbocycles. The number of rotatable bonds is 2. The summed E-state index contributed by atoms with van der Waals surface area (Å²) in [5.74, 6) is -0.671. The van der Waals surface area contributed by atoms with Gasteiger partial charge in [-0.2, -0.15) is 13.2 Å². The molecule has 1 atom stereocenters. The fraction of sp³-hybridized carbons (Fsp3) is 1.00. The van der Waals surface area contributed by atoms with Crippen molar-refractivity contribution >= 4 is 0 Å². The third kappa shape index (κ3) is 3.09. The summed E-state index contributed by atoms with van der Waals surface area (Å²) in [5.41, 5.74) is 2.85. The lowest BCUT2D eigenvalue weighted by atomic mass is 9.98. The van der Waals surface area contributed by atoms with Gasteiger partial charge in [0.1, 0.15) is 0 Å². The van der Waals surface area contributed by atoms with Crippen LogP contribution >= 0.6 is 0 Å². The van der Waals surface area contributed by atoms with Gasteiger partial charge in [-0.1, -0.05) is 0 Å². The molecule has 0 aliphatic carbocycles. The molecule has 2 heterocycles. The molecular weight excluding hydrogens is 219 g/mol. The average molecular weight is 237 g/mol. The lowest BCUT2D eigenvalue weighted by Gasteiger charge is -2.27. The molecule has 16 heavy (non-hydrogen) atoms. The lowest BCUT2D eigenvalue weighted by Crippen LogP contribution is -2.39. The number of hydrogen-bond acceptors (Lipinski definition) is 3. The number of nitrogens with one attached hydrogen (secondary N) is 2. The Morgan fingerprint density at radius 3 is 2.44 bits per heavy atom. The van der Waals surface area contributed by atoms with Crippen LogP contribution in [0.15, 0.2) is 0 Å². The zero-order valence-corrected chi connectivity index (χ0v) is 9.19. The van der Waals surface area contributed by atoms with Crippen molar-refractivity contribution in [3.05, 3.63) is 0 Å². The molecule has 0 spiro atoms. The van der Waals surface area contributed by atoms with Gasteiger partial charge in [0.25, 0.3) is 0 Å². The van der Waals surface area contributed by atoms with Crippen molar-refractivity contribution < 1.29 is 13.2 Å². The Balaban J connectivity index is 1.76. The molecule has 2 rings (SSSR count). The predicted octanol–water partition coefficient (Wildman–Crippen LogP) is 0.985. The predicted molar refractivity (Wildman–Crippen MR) is 54.7 cm³/mol. The van der Waals surface area contributed by atoms with Crippen LogP contribution in [0.25, 0.3) is 0 Å². The summed E-state index contributed by atoms with van der Waals surface area (Å²) in [7, 11) is 0. The Kier molecular flexibility index (Phi) is 3.71. The van der Waals surface area contributed by atoms with Crippen molar-refractivity contribution in [2.45, 2.75) is 19.0 Å². The molecule has 94 valence electrons. The van der Waals surface area contributed by atoms with E-state index < -0.39 is 12.1 Å². The van der Waals surface area contributed by atoms with Gasteiger partial charge >= 0.3 is 6.18 Å². The highest BCUT2D eigenvalue weighted by Crippen LogP contribution is 2.29. The Morgan fingerprint density at radius 1 is 1.19 bits per heavy atom. The van der Waals surface area contributed by atoms with Crippen molar-refractivity contribution in [3.8, 4) is 0 Å². The third-order valence-electron chi connectivity index (χ3n) is 3.40. The topological polar surface area (TPSA) is 27.3 Å². The molecule has 0 aromatic carbocycles. The zero-order chi connectivity index (χ0) is 11.6. The van der Waals surface area contributed by atoms with E-state index in [1.54, 1.807) is 5.01 Å². The molecule has 0 radical (unpaired) electrons. The van der Waals surface area contributed by atoms with Crippen LogP contribution in [-0.2, 0) is 0 Å². The summed E-state index contributed by atoms with van der Waals surface area (Å²) in [6.45, 7) is 2.86. The summed E-state index contributed by atoms with van der Waals surface area (Å²) in [4.78, 5) is 0. The second kappa shape index (κ2) is 4.89. The van der Waals surface area contributed by atoms with E-state index in [2.05, 4.69) is 10.7 Å². The summed E-state index contributed by atoms with van der Waals surface area (Å²) in [6.07, 6.45) is -1.93. The minimum absolute atomic E-state index is 0.0362. The van der Waals surface area contributed by atoms with Crippen LogP contribution in [-0.4, -0.2) is 43.9 Å². The first-order valence-electron chi connectivity index (χ1n) is 5.81. The summed E-state index contributed by atoms with van der Waals surface area (Å²) < 4.78 is 37.3. The monoisotopic (exact) mass is 237 g/mol. The Morgan fingerprint density at radius 2 is 1.88 bits per heavy atom. The molecule has 0 amide bonds. The molecule has 6 heteroatoms. The molecular formula is C10H18F3N3. The fourth-order valence-corrected chi connectivity index (χ4v) is 2.37. The molecule has 2 saturated heterocycles. The zero-order valence-electron chi connectivity index (χ0n) is 9.19. The van der Waals surface area contributed by atoms with Crippen molar-refractivity contribution in [1.29, 1.82) is 0 Å². The van der Waals surface area contributed by atoms with E-state index in [9.17, 15) is 13.2 Å². The van der Waals surface area contributed by atoms with Crippen LogP contribution in [0, 0.1) is 11.8 Å². The molecule has 2 N–H and O–H groups in total. The maximum absolute atomic E-state index is 12.4. The normalized spacial score (nSPS) is 29.8. The Bertz CT molecular complexity index is 226. The van der Waals surface area contributed by atoms with Crippen molar-refractivity contribution in [2.24, 2.45) is 11.8 Å². The third-order valence-corrected chi connectivity index (χ3v) is 3.40. The van der Waals surface area contributed by atoms with E-state index in [4.69, 9.17) is 0 Å². The van der Waals surface area contributed by atoms with Gasteiger partial charge in [0.05, 0.1) is 5.92 Å². The highest BCUT2D eigenvalue weighted by molar-refractivity contribution is 4.81. The van der Waals surface area contributed by atoms with E-state index in [1.807, 2.05) is 0 Å². The van der Waals surface area contributed by atoms with E-state index >= 15 is 0 Å². The second-order valence-electron chi connectivity index (χ2n) is 4.70. The van der Waals surface area contributed by atoms with E-state index in [0.717, 1.165) is 32.5 Å². The molecule has 2 fully saturated rings. The SMILES string of the molecule is FC(F)(F)C1CNN(CC2CCNCC2)C1. The lowest BCUT2D eigenvalue weighted by molar-refractivity contribution is -0.167. The molecule has 3 nitrogen and oxygen atoms in total. The molecule has 0 bridgehead atoms. The summed E-state index contributed by atoms with van der Waals surface area (Å²) in [6, 6.07) is 0. The summed E-state index contributed by atoms with van der Waals surface area (Å²) >= 11 is 0. The first-order chi connectivity index (χ1) is 7.55. The first-order valence-corrected chi connectivity index (χ1v) is 5.81. The van der Waals surface area contributed by atoms with Gasteiger partial charge in [-0.05, 0) is 31.8 Å². The average Bonchev–Trinajstić information content (AvgIpc) is 2.67. The van der Waals surface area contributed by atoms with Crippen LogP contribution in [0.4, 0.5) is 13.2 Å². The van der Waals surface area contributed by atoms with Gasteiger partial charge in [-0.3, -0.25) is 5.43 Å². The Hall–Kier alpha value is -0.330. The Labute approximate surface area is 93.3 Å². The standard InChI is InChI=1S/C10H18F3N3/c11-10(12,13)9-5-15-16(7-9)6-8-1-3-14-4-2-8/h8-9,14-15H,1-7H2. The number of halogens is 3. The molecule has 1 unspecified atom stereocenters. The van der Waals surface area contributed by atoms with Crippen molar-refractivity contribution in [3.63, 3.8) is 0 Å². The maximum atomic E-state index is 12.4. The van der Waals surface area contributed by atoms with Crippen LogP contribution < -0.4 is 10.7 Å². The smallest absolute Gasteiger partial charge is 0.317 e. The van der Waals surface area contributed by atoms with E-state index in [-0.39, 0.29) is 13.1 Å². The van der Waals surface area contributed by atoms with Crippen molar-refractivity contribution in [2.75, 3.05) is 32.7 Å². The second-order valence-corrected chi connectivity index (χ2v) is 4.70. The molecule has 2 aliphatic heterocycles. The minimum Gasteiger partial charge on any atom is -0.317 e. The molecule has 0 aromatic heterocycles. The van der Waals surface area contributed by atoms with Gasteiger partial charge in [-0.15, -0.1) is 0 Å². The van der Waals surface area contributed by atoms with Gasteiger partial charge in [-0.25, -0.2) is 5.01 Å².